The molecule has 0 atom stereocenters. The zero-order chi connectivity index (χ0) is 16.9. The Labute approximate surface area is 157 Å². The summed E-state index contributed by atoms with van der Waals surface area (Å²) in [7, 11) is -4.64. The molecule has 0 unspecified atom stereocenters. The fraction of sp³-hybridized carbons (Fsp3) is 1.00. The first-order chi connectivity index (χ1) is 9.24. The minimum absolute atomic E-state index is 0. The van der Waals surface area contributed by atoms with Crippen LogP contribution in [-0.4, -0.2) is 14.7 Å². The average Bonchev–Trinajstić information content (AvgIpc) is 2.31. The van der Waals surface area contributed by atoms with Crippen molar-refractivity contribution in [1.82, 2.24) is 0 Å². The Morgan fingerprint density at radius 3 is 0.714 bits per heavy atom. The summed E-state index contributed by atoms with van der Waals surface area (Å²) >= 11 is 0. The summed E-state index contributed by atoms with van der Waals surface area (Å²) < 4.78 is 8.88. The summed E-state index contributed by atoms with van der Waals surface area (Å²) in [5, 5.41) is 0. The van der Waals surface area contributed by atoms with Gasteiger partial charge in [0.25, 0.3) is 0 Å². The van der Waals surface area contributed by atoms with E-state index in [0.717, 1.165) is 0 Å². The van der Waals surface area contributed by atoms with Gasteiger partial charge in [-0.2, -0.15) is 0 Å². The Kier molecular flexibility index (Phi) is 52.7. The smallest absolute Gasteiger partial charge is 1.00 e. The molecule has 6 heteroatoms. The largest absolute Gasteiger partial charge is 1.00 e. The Morgan fingerprint density at radius 1 is 0.619 bits per heavy atom. The molecule has 21 heavy (non-hydrogen) atoms. The van der Waals surface area contributed by atoms with Crippen LogP contribution in [-0.2, 0) is 4.57 Å². The molecule has 0 saturated heterocycles. The number of rotatable bonds is 6. The van der Waals surface area contributed by atoms with Crippen LogP contribution < -0.4 is 29.6 Å². The first kappa shape index (κ1) is 33.7. The number of hydrogen-bond acceptors (Lipinski definition) is 1. The van der Waals surface area contributed by atoms with E-state index in [9.17, 15) is 0 Å². The zero-order valence-corrected chi connectivity index (χ0v) is 18.5. The van der Waals surface area contributed by atoms with Crippen LogP contribution in [0.2, 0.25) is 0 Å². The molecule has 0 aromatic rings. The van der Waals surface area contributed by atoms with Gasteiger partial charge in [-0.3, -0.25) is 0 Å². The summed E-state index contributed by atoms with van der Waals surface area (Å²) in [5.41, 5.74) is 0. The van der Waals surface area contributed by atoms with Gasteiger partial charge in [-0.05, 0) is 0 Å². The van der Waals surface area contributed by atoms with Crippen molar-refractivity contribution in [2.75, 3.05) is 0 Å². The molecular weight excluding hydrogens is 298 g/mol. The van der Waals surface area contributed by atoms with Gasteiger partial charge in [0.1, 0.15) is 0 Å². The molecule has 0 bridgehead atoms. The number of unbranched alkanes of at least 4 members (excludes halogenated alkanes) is 6. The van der Waals surface area contributed by atoms with Crippen LogP contribution >= 0.6 is 7.82 Å². The maximum absolute atomic E-state index is 8.88. The van der Waals surface area contributed by atoms with Crippen molar-refractivity contribution < 1.29 is 50.2 Å². The fourth-order valence-electron chi connectivity index (χ4n) is 1.06. The summed E-state index contributed by atoms with van der Waals surface area (Å²) in [6.07, 6.45) is 12.2. The second-order valence-electron chi connectivity index (χ2n) is 4.57. The SMILES string of the molecule is CCCCC.CCCCC.CCCCC.O=P(O)(O)O.[H-].[Na+]. The van der Waals surface area contributed by atoms with E-state index in [0.29, 0.717) is 0 Å². The molecule has 0 fully saturated rings. The number of hydrogen-bond donors (Lipinski definition) is 3. The standard InChI is InChI=1S/3C5H12.Na.H3O4P.H/c3*1-3-5-4-2;;1-5(2,3)4;/h3*3-5H2,1-2H3;;(H3,1,2,3,4);/q;;;+1;;-1. The van der Waals surface area contributed by atoms with Crippen molar-refractivity contribution in [1.29, 1.82) is 0 Å². The molecule has 0 rings (SSSR count). The maximum atomic E-state index is 8.88. The molecule has 0 amide bonds. The van der Waals surface area contributed by atoms with Gasteiger partial charge in [-0.15, -0.1) is 0 Å². The van der Waals surface area contributed by atoms with Crippen molar-refractivity contribution in [3.05, 3.63) is 0 Å². The van der Waals surface area contributed by atoms with Gasteiger partial charge in [0, 0.05) is 0 Å². The molecular formula is C15H40NaO4P. The summed E-state index contributed by atoms with van der Waals surface area (Å²) in [6, 6.07) is 0. The molecule has 130 valence electrons. The Bertz CT molecular complexity index is 152. The van der Waals surface area contributed by atoms with E-state index in [1.165, 1.54) is 57.8 Å². The van der Waals surface area contributed by atoms with Crippen LogP contribution in [0, 0.1) is 0 Å². The molecule has 0 radical (unpaired) electrons. The Balaban J connectivity index is -0.0000000376. The van der Waals surface area contributed by atoms with E-state index in [1.54, 1.807) is 0 Å². The normalized spacial score (nSPS) is 8.81. The Morgan fingerprint density at radius 2 is 0.714 bits per heavy atom. The molecule has 0 spiro atoms. The predicted octanol–water partition coefficient (Wildman–Crippen LogP) is 2.78. The van der Waals surface area contributed by atoms with Crippen molar-refractivity contribution in [2.24, 2.45) is 0 Å². The van der Waals surface area contributed by atoms with Crippen LogP contribution in [0.3, 0.4) is 0 Å². The quantitative estimate of drug-likeness (QED) is 0.514. The van der Waals surface area contributed by atoms with Crippen molar-refractivity contribution >= 4 is 7.82 Å². The molecule has 4 nitrogen and oxygen atoms in total. The van der Waals surface area contributed by atoms with Gasteiger partial charge >= 0.3 is 37.4 Å². The van der Waals surface area contributed by atoms with Gasteiger partial charge in [-0.1, -0.05) is 99.3 Å². The first-order valence-corrected chi connectivity index (χ1v) is 9.59. The van der Waals surface area contributed by atoms with Crippen LogP contribution in [0.25, 0.3) is 0 Å². The van der Waals surface area contributed by atoms with E-state index >= 15 is 0 Å². The van der Waals surface area contributed by atoms with Crippen molar-refractivity contribution in [2.45, 2.75) is 99.3 Å². The second kappa shape index (κ2) is 32.9. The van der Waals surface area contributed by atoms with Crippen LogP contribution in [0.1, 0.15) is 101 Å². The second-order valence-corrected chi connectivity index (χ2v) is 5.60. The average molecular weight is 338 g/mol. The van der Waals surface area contributed by atoms with Gasteiger partial charge < -0.3 is 16.1 Å². The van der Waals surface area contributed by atoms with Crippen molar-refractivity contribution in [3.63, 3.8) is 0 Å². The third kappa shape index (κ3) is 153. The van der Waals surface area contributed by atoms with Gasteiger partial charge in [-0.25, -0.2) is 4.57 Å². The van der Waals surface area contributed by atoms with E-state index in [1.807, 2.05) is 0 Å². The van der Waals surface area contributed by atoms with Gasteiger partial charge in [0.2, 0.25) is 0 Å². The van der Waals surface area contributed by atoms with Gasteiger partial charge in [0.15, 0.2) is 0 Å². The minimum Gasteiger partial charge on any atom is -1.00 e. The monoisotopic (exact) mass is 338 g/mol. The molecule has 0 aromatic heterocycles. The first-order valence-electron chi connectivity index (χ1n) is 8.03. The topological polar surface area (TPSA) is 77.8 Å². The number of phosphoric acid groups is 1. The van der Waals surface area contributed by atoms with Crippen LogP contribution in [0.4, 0.5) is 0 Å². The summed E-state index contributed by atoms with van der Waals surface area (Å²) in [4.78, 5) is 21.6. The Hall–Kier alpha value is 1.11. The predicted molar refractivity (Wildman–Crippen MR) is 91.0 cm³/mol. The zero-order valence-electron chi connectivity index (χ0n) is 16.6. The van der Waals surface area contributed by atoms with Crippen LogP contribution in [0.15, 0.2) is 0 Å². The third-order valence-corrected chi connectivity index (χ3v) is 2.12. The van der Waals surface area contributed by atoms with E-state index in [4.69, 9.17) is 19.2 Å². The molecule has 0 heterocycles. The van der Waals surface area contributed by atoms with Gasteiger partial charge in [0.05, 0.1) is 0 Å². The van der Waals surface area contributed by atoms with E-state index in [2.05, 4.69) is 41.5 Å². The van der Waals surface area contributed by atoms with E-state index < -0.39 is 7.82 Å². The molecule has 0 aliphatic carbocycles. The summed E-state index contributed by atoms with van der Waals surface area (Å²) in [5.74, 6) is 0. The third-order valence-electron chi connectivity index (χ3n) is 2.12. The molecule has 3 N–H and O–H groups in total. The van der Waals surface area contributed by atoms with E-state index in [-0.39, 0.29) is 31.0 Å². The molecule has 0 aliphatic rings. The van der Waals surface area contributed by atoms with Crippen LogP contribution in [0.5, 0.6) is 0 Å². The maximum Gasteiger partial charge on any atom is 1.00 e. The van der Waals surface area contributed by atoms with Crippen molar-refractivity contribution in [3.8, 4) is 0 Å². The summed E-state index contributed by atoms with van der Waals surface area (Å²) in [6.45, 7) is 13.3. The minimum atomic E-state index is -4.64. The molecule has 0 aromatic carbocycles. The fourth-order valence-corrected chi connectivity index (χ4v) is 1.06. The molecule has 0 aliphatic heterocycles. The molecule has 0 saturated carbocycles.